The number of carbonyl (C=O) groups is 3. The van der Waals surface area contributed by atoms with E-state index < -0.39 is 5.91 Å². The number of hydrogen-bond acceptors (Lipinski definition) is 4. The van der Waals surface area contributed by atoms with Gasteiger partial charge in [0, 0.05) is 18.9 Å². The van der Waals surface area contributed by atoms with E-state index in [1.54, 1.807) is 18.2 Å². The van der Waals surface area contributed by atoms with Gasteiger partial charge in [-0.1, -0.05) is 11.6 Å². The summed E-state index contributed by atoms with van der Waals surface area (Å²) in [4.78, 5) is 35.6. The highest BCUT2D eigenvalue weighted by atomic mass is 35.5. The summed E-state index contributed by atoms with van der Waals surface area (Å²) in [6, 6.07) is 4.81. The quantitative estimate of drug-likeness (QED) is 0.853. The van der Waals surface area contributed by atoms with Gasteiger partial charge in [0.2, 0.25) is 17.7 Å². The van der Waals surface area contributed by atoms with Gasteiger partial charge >= 0.3 is 0 Å². The van der Waals surface area contributed by atoms with Gasteiger partial charge in [0.25, 0.3) is 0 Å². The molecule has 1 aliphatic rings. The van der Waals surface area contributed by atoms with Crippen LogP contribution in [-0.4, -0.2) is 36.3 Å². The third-order valence-corrected chi connectivity index (χ3v) is 3.23. The molecule has 0 saturated carbocycles. The van der Waals surface area contributed by atoms with Crippen LogP contribution in [0.25, 0.3) is 0 Å². The number of rotatable bonds is 4. The lowest BCUT2D eigenvalue weighted by Gasteiger charge is -2.14. The number of ether oxygens (including phenoxy) is 1. The molecule has 0 aromatic heterocycles. The van der Waals surface area contributed by atoms with Crippen molar-refractivity contribution in [1.82, 2.24) is 4.90 Å². The minimum atomic E-state index is -0.483. The van der Waals surface area contributed by atoms with E-state index >= 15 is 0 Å². The zero-order chi connectivity index (χ0) is 14.7. The summed E-state index contributed by atoms with van der Waals surface area (Å²) in [5.74, 6) is -0.606. The van der Waals surface area contributed by atoms with E-state index in [9.17, 15) is 14.4 Å². The maximum Gasteiger partial charge on any atom is 0.244 e. The molecule has 0 atom stereocenters. The first-order valence-electron chi connectivity index (χ1n) is 5.98. The maximum absolute atomic E-state index is 11.9. The molecule has 1 heterocycles. The third-order valence-electron chi connectivity index (χ3n) is 2.90. The lowest BCUT2D eigenvalue weighted by atomic mass is 10.3. The lowest BCUT2D eigenvalue weighted by Crippen LogP contribution is -2.36. The van der Waals surface area contributed by atoms with Crippen LogP contribution in [0.15, 0.2) is 18.2 Å². The minimum Gasteiger partial charge on any atom is -0.497 e. The van der Waals surface area contributed by atoms with E-state index in [1.807, 2.05) is 0 Å². The van der Waals surface area contributed by atoms with Crippen molar-refractivity contribution in [2.45, 2.75) is 12.8 Å². The number of nitrogens with one attached hydrogen (secondary N) is 1. The van der Waals surface area contributed by atoms with Gasteiger partial charge in [-0.25, -0.2) is 0 Å². The van der Waals surface area contributed by atoms with E-state index in [0.717, 1.165) is 4.90 Å². The molecular weight excluding hydrogens is 284 g/mol. The molecule has 20 heavy (non-hydrogen) atoms. The normalized spacial score (nSPS) is 14.6. The molecule has 2 rings (SSSR count). The van der Waals surface area contributed by atoms with E-state index in [-0.39, 0.29) is 31.2 Å². The van der Waals surface area contributed by atoms with Gasteiger partial charge in [-0.3, -0.25) is 19.3 Å². The van der Waals surface area contributed by atoms with Gasteiger partial charge in [0.15, 0.2) is 0 Å². The number of benzene rings is 1. The number of halogens is 1. The molecule has 6 nitrogen and oxygen atoms in total. The zero-order valence-corrected chi connectivity index (χ0v) is 11.6. The van der Waals surface area contributed by atoms with Crippen molar-refractivity contribution >= 4 is 35.0 Å². The standard InChI is InChI=1S/C13H13ClN2O4/c1-20-8-2-3-9(14)10(6-8)15-11(17)7-16-12(18)4-5-13(16)19/h2-3,6H,4-5,7H2,1H3,(H,15,17). The predicted molar refractivity (Wildman–Crippen MR) is 72.6 cm³/mol. The number of nitrogens with zero attached hydrogens (tertiary/aromatic N) is 1. The SMILES string of the molecule is COc1ccc(Cl)c(NC(=O)CN2C(=O)CCC2=O)c1. The number of imide groups is 1. The van der Waals surface area contributed by atoms with E-state index in [1.165, 1.54) is 7.11 Å². The number of methoxy groups -OCH3 is 1. The molecule has 0 radical (unpaired) electrons. The Labute approximate surface area is 120 Å². The summed E-state index contributed by atoms with van der Waals surface area (Å²) in [6.07, 6.45) is 0.318. The average Bonchev–Trinajstić information content (AvgIpc) is 2.73. The number of anilines is 1. The molecule has 1 N–H and O–H groups in total. The fourth-order valence-corrected chi connectivity index (χ4v) is 2.02. The second-order valence-corrected chi connectivity index (χ2v) is 4.67. The van der Waals surface area contributed by atoms with Gasteiger partial charge in [-0.15, -0.1) is 0 Å². The Hall–Kier alpha value is -2.08. The molecule has 106 valence electrons. The summed E-state index contributed by atoms with van der Waals surface area (Å²) in [7, 11) is 1.50. The van der Waals surface area contributed by atoms with Crippen molar-refractivity contribution < 1.29 is 19.1 Å². The summed E-state index contributed by atoms with van der Waals surface area (Å²) in [5, 5.41) is 2.90. The van der Waals surface area contributed by atoms with Gasteiger partial charge in [-0.2, -0.15) is 0 Å². The van der Waals surface area contributed by atoms with Crippen molar-refractivity contribution in [3.05, 3.63) is 23.2 Å². The molecule has 0 bridgehead atoms. The Morgan fingerprint density at radius 1 is 1.35 bits per heavy atom. The molecule has 1 aromatic carbocycles. The first kappa shape index (κ1) is 14.3. The van der Waals surface area contributed by atoms with Gasteiger partial charge in [0.05, 0.1) is 17.8 Å². The summed E-state index contributed by atoms with van der Waals surface area (Å²) >= 11 is 5.95. The third kappa shape index (κ3) is 3.08. The van der Waals surface area contributed by atoms with Crippen LogP contribution >= 0.6 is 11.6 Å². The topological polar surface area (TPSA) is 75.7 Å². The molecule has 1 saturated heterocycles. The van der Waals surface area contributed by atoms with E-state index in [0.29, 0.717) is 16.5 Å². The molecule has 0 unspecified atom stereocenters. The fourth-order valence-electron chi connectivity index (χ4n) is 1.86. The van der Waals surface area contributed by atoms with Crippen LogP contribution in [0, 0.1) is 0 Å². The van der Waals surface area contributed by atoms with Crippen LogP contribution in [0.1, 0.15) is 12.8 Å². The van der Waals surface area contributed by atoms with Crippen LogP contribution in [0.3, 0.4) is 0 Å². The number of hydrogen-bond donors (Lipinski definition) is 1. The maximum atomic E-state index is 11.9. The highest BCUT2D eigenvalue weighted by Crippen LogP contribution is 2.26. The van der Waals surface area contributed by atoms with Crippen LogP contribution in [0.4, 0.5) is 5.69 Å². The summed E-state index contributed by atoms with van der Waals surface area (Å²) < 4.78 is 5.03. The fraction of sp³-hybridized carbons (Fsp3) is 0.308. The van der Waals surface area contributed by atoms with Crippen LogP contribution in [0.2, 0.25) is 5.02 Å². The van der Waals surface area contributed by atoms with Crippen molar-refractivity contribution in [2.75, 3.05) is 19.0 Å². The minimum absolute atomic E-state index is 0.159. The van der Waals surface area contributed by atoms with Gasteiger partial charge < -0.3 is 10.1 Å². The number of likely N-dealkylation sites (tertiary alicyclic amines) is 1. The predicted octanol–water partition coefficient (Wildman–Crippen LogP) is 1.44. The number of amides is 3. The van der Waals surface area contributed by atoms with E-state index in [2.05, 4.69) is 5.32 Å². The molecule has 0 aliphatic carbocycles. The van der Waals surface area contributed by atoms with Crippen LogP contribution < -0.4 is 10.1 Å². The summed E-state index contributed by atoms with van der Waals surface area (Å²) in [6.45, 7) is -0.300. The second kappa shape index (κ2) is 5.92. The zero-order valence-electron chi connectivity index (χ0n) is 10.8. The monoisotopic (exact) mass is 296 g/mol. The van der Waals surface area contributed by atoms with Crippen LogP contribution in [-0.2, 0) is 14.4 Å². The highest BCUT2D eigenvalue weighted by molar-refractivity contribution is 6.33. The molecule has 1 aromatic rings. The van der Waals surface area contributed by atoms with Gasteiger partial charge in [-0.05, 0) is 12.1 Å². The van der Waals surface area contributed by atoms with Crippen molar-refractivity contribution in [2.24, 2.45) is 0 Å². The molecular formula is C13H13ClN2O4. The molecule has 7 heteroatoms. The molecule has 1 aliphatic heterocycles. The molecule has 0 spiro atoms. The first-order chi connectivity index (χ1) is 9.51. The van der Waals surface area contributed by atoms with Crippen molar-refractivity contribution in [3.8, 4) is 5.75 Å². The highest BCUT2D eigenvalue weighted by Gasteiger charge is 2.30. The first-order valence-corrected chi connectivity index (χ1v) is 6.35. The Morgan fingerprint density at radius 2 is 2.00 bits per heavy atom. The van der Waals surface area contributed by atoms with Gasteiger partial charge in [0.1, 0.15) is 12.3 Å². The smallest absolute Gasteiger partial charge is 0.244 e. The lowest BCUT2D eigenvalue weighted by molar-refractivity contribution is -0.141. The van der Waals surface area contributed by atoms with E-state index in [4.69, 9.17) is 16.3 Å². The Bertz CT molecular complexity index is 557. The largest absolute Gasteiger partial charge is 0.497 e. The Balaban J connectivity index is 2.04. The number of carbonyl (C=O) groups excluding carboxylic acids is 3. The molecule has 3 amide bonds. The second-order valence-electron chi connectivity index (χ2n) is 4.27. The molecule has 1 fully saturated rings. The van der Waals surface area contributed by atoms with Crippen molar-refractivity contribution in [1.29, 1.82) is 0 Å². The summed E-state index contributed by atoms with van der Waals surface area (Å²) in [5.41, 5.74) is 0.370. The van der Waals surface area contributed by atoms with Crippen LogP contribution in [0.5, 0.6) is 5.75 Å². The van der Waals surface area contributed by atoms with Crippen molar-refractivity contribution in [3.63, 3.8) is 0 Å². The Kier molecular flexibility index (Phi) is 4.24. The Morgan fingerprint density at radius 3 is 2.60 bits per heavy atom. The average molecular weight is 297 g/mol.